The van der Waals surface area contributed by atoms with Gasteiger partial charge in [0.2, 0.25) is 0 Å². The molecule has 3 nitrogen and oxygen atoms in total. The van der Waals surface area contributed by atoms with Crippen LogP contribution in [0.4, 0.5) is 0 Å². The lowest BCUT2D eigenvalue weighted by Gasteiger charge is -2.33. The van der Waals surface area contributed by atoms with E-state index in [1.807, 2.05) is 0 Å². The minimum Gasteiger partial charge on any atom is -0.368 e. The van der Waals surface area contributed by atoms with Crippen molar-refractivity contribution in [2.45, 2.75) is 90.0 Å². The van der Waals surface area contributed by atoms with E-state index in [2.05, 4.69) is 44.8 Å². The number of likely N-dealkylation sites (tertiary alicyclic amines) is 1. The van der Waals surface area contributed by atoms with Crippen molar-refractivity contribution in [3.05, 3.63) is 0 Å². The smallest absolute Gasteiger partial charge is 0.0787 e. The first-order chi connectivity index (χ1) is 9.30. The van der Waals surface area contributed by atoms with E-state index in [9.17, 15) is 0 Å². The average molecular weight is 282 g/mol. The standard InChI is InChI=1S/C17H34N2O/c1-14-9-6-7-11-19(14)12-8-10-18-15-13-16(2,3)20-17(15,4)5/h14-15,18H,6-13H2,1-5H3. The molecule has 2 unspecified atom stereocenters. The first-order valence-electron chi connectivity index (χ1n) is 8.48. The fraction of sp³-hybridized carbons (Fsp3) is 1.00. The normalized spacial score (nSPS) is 33.5. The largest absolute Gasteiger partial charge is 0.368 e. The first-order valence-corrected chi connectivity index (χ1v) is 8.48. The van der Waals surface area contributed by atoms with Gasteiger partial charge in [-0.25, -0.2) is 0 Å². The third-order valence-corrected chi connectivity index (χ3v) is 5.03. The number of hydrogen-bond acceptors (Lipinski definition) is 3. The molecule has 2 fully saturated rings. The van der Waals surface area contributed by atoms with E-state index in [1.165, 1.54) is 38.8 Å². The number of hydrogen-bond donors (Lipinski definition) is 1. The van der Waals surface area contributed by atoms with Crippen molar-refractivity contribution in [1.82, 2.24) is 10.2 Å². The number of nitrogens with zero attached hydrogens (tertiary/aromatic N) is 1. The summed E-state index contributed by atoms with van der Waals surface area (Å²) in [6.45, 7) is 14.9. The van der Waals surface area contributed by atoms with Gasteiger partial charge in [0.15, 0.2) is 0 Å². The maximum absolute atomic E-state index is 6.14. The van der Waals surface area contributed by atoms with Crippen molar-refractivity contribution in [1.29, 1.82) is 0 Å². The fourth-order valence-electron chi connectivity index (χ4n) is 3.93. The summed E-state index contributed by atoms with van der Waals surface area (Å²) in [5.41, 5.74) is -0.0233. The van der Waals surface area contributed by atoms with Crippen LogP contribution in [0.2, 0.25) is 0 Å². The Bertz CT molecular complexity index is 314. The van der Waals surface area contributed by atoms with Crippen molar-refractivity contribution < 1.29 is 4.74 Å². The van der Waals surface area contributed by atoms with Gasteiger partial charge in [0, 0.05) is 12.1 Å². The number of ether oxygens (including phenoxy) is 1. The molecule has 118 valence electrons. The van der Waals surface area contributed by atoms with Gasteiger partial charge < -0.3 is 15.0 Å². The molecule has 0 radical (unpaired) electrons. The molecule has 0 aromatic heterocycles. The third kappa shape index (κ3) is 4.19. The molecule has 0 bridgehead atoms. The van der Waals surface area contributed by atoms with E-state index < -0.39 is 0 Å². The van der Waals surface area contributed by atoms with Gasteiger partial charge in [0.25, 0.3) is 0 Å². The Labute approximate surface area is 125 Å². The summed E-state index contributed by atoms with van der Waals surface area (Å²) in [4.78, 5) is 2.66. The van der Waals surface area contributed by atoms with E-state index in [1.54, 1.807) is 0 Å². The topological polar surface area (TPSA) is 24.5 Å². The van der Waals surface area contributed by atoms with Gasteiger partial charge in [0.1, 0.15) is 0 Å². The predicted molar refractivity (Wildman–Crippen MR) is 85.2 cm³/mol. The van der Waals surface area contributed by atoms with Crippen LogP contribution in [-0.2, 0) is 4.74 Å². The molecule has 0 aromatic carbocycles. The number of nitrogens with one attached hydrogen (secondary N) is 1. The minimum atomic E-state index is -0.0398. The lowest BCUT2D eigenvalue weighted by molar-refractivity contribution is -0.0698. The Morgan fingerprint density at radius 2 is 1.95 bits per heavy atom. The van der Waals surface area contributed by atoms with E-state index in [-0.39, 0.29) is 11.2 Å². The zero-order valence-corrected chi connectivity index (χ0v) is 14.2. The molecular weight excluding hydrogens is 248 g/mol. The molecule has 0 spiro atoms. The van der Waals surface area contributed by atoms with Gasteiger partial charge in [-0.2, -0.15) is 0 Å². The molecule has 1 N–H and O–H groups in total. The zero-order valence-electron chi connectivity index (χ0n) is 14.2. The highest BCUT2D eigenvalue weighted by atomic mass is 16.5. The van der Waals surface area contributed by atoms with Crippen LogP contribution in [0.3, 0.4) is 0 Å². The van der Waals surface area contributed by atoms with Crippen LogP contribution in [-0.4, -0.2) is 47.8 Å². The predicted octanol–water partition coefficient (Wildman–Crippen LogP) is 3.19. The van der Waals surface area contributed by atoms with E-state index >= 15 is 0 Å². The second kappa shape index (κ2) is 6.33. The molecule has 2 aliphatic rings. The third-order valence-electron chi connectivity index (χ3n) is 5.03. The molecule has 2 atom stereocenters. The van der Waals surface area contributed by atoms with Crippen molar-refractivity contribution in [2.24, 2.45) is 0 Å². The molecule has 2 saturated heterocycles. The Kier molecular flexibility index (Phi) is 5.14. The Morgan fingerprint density at radius 1 is 1.20 bits per heavy atom. The molecule has 0 amide bonds. The van der Waals surface area contributed by atoms with Gasteiger partial charge in [-0.05, 0) is 79.9 Å². The van der Waals surface area contributed by atoms with Gasteiger partial charge in [0.05, 0.1) is 11.2 Å². The molecule has 20 heavy (non-hydrogen) atoms. The lowest BCUT2D eigenvalue weighted by atomic mass is 9.94. The van der Waals surface area contributed by atoms with E-state index in [0.29, 0.717) is 6.04 Å². The van der Waals surface area contributed by atoms with Crippen molar-refractivity contribution in [3.63, 3.8) is 0 Å². The van der Waals surface area contributed by atoms with Gasteiger partial charge >= 0.3 is 0 Å². The number of rotatable bonds is 5. The Balaban J connectivity index is 1.68. The van der Waals surface area contributed by atoms with Crippen LogP contribution in [0.5, 0.6) is 0 Å². The molecule has 0 saturated carbocycles. The van der Waals surface area contributed by atoms with Crippen LogP contribution in [0.1, 0.15) is 66.7 Å². The molecule has 2 heterocycles. The van der Waals surface area contributed by atoms with Crippen LogP contribution in [0.25, 0.3) is 0 Å². The highest BCUT2D eigenvalue weighted by molar-refractivity contribution is 4.98. The van der Waals surface area contributed by atoms with Crippen molar-refractivity contribution in [3.8, 4) is 0 Å². The molecule has 2 rings (SSSR count). The monoisotopic (exact) mass is 282 g/mol. The summed E-state index contributed by atoms with van der Waals surface area (Å²) in [5.74, 6) is 0. The number of piperidine rings is 1. The van der Waals surface area contributed by atoms with Crippen molar-refractivity contribution in [2.75, 3.05) is 19.6 Å². The van der Waals surface area contributed by atoms with E-state index in [4.69, 9.17) is 4.74 Å². The fourth-order valence-corrected chi connectivity index (χ4v) is 3.93. The minimum absolute atomic E-state index is 0.0164. The van der Waals surface area contributed by atoms with Crippen molar-refractivity contribution >= 4 is 0 Å². The Hall–Kier alpha value is -0.120. The van der Waals surface area contributed by atoms with E-state index in [0.717, 1.165) is 19.0 Å². The highest BCUT2D eigenvalue weighted by Gasteiger charge is 2.45. The highest BCUT2D eigenvalue weighted by Crippen LogP contribution is 2.37. The Morgan fingerprint density at radius 3 is 2.55 bits per heavy atom. The van der Waals surface area contributed by atoms with Crippen LogP contribution in [0.15, 0.2) is 0 Å². The summed E-state index contributed by atoms with van der Waals surface area (Å²) < 4.78 is 6.14. The van der Waals surface area contributed by atoms with Gasteiger partial charge in [-0.1, -0.05) is 6.42 Å². The molecule has 2 aliphatic heterocycles. The maximum atomic E-state index is 6.14. The van der Waals surface area contributed by atoms with Crippen LogP contribution < -0.4 is 5.32 Å². The molecular formula is C17H34N2O. The molecule has 0 aromatic rings. The quantitative estimate of drug-likeness (QED) is 0.784. The van der Waals surface area contributed by atoms with Gasteiger partial charge in [-0.3, -0.25) is 0 Å². The summed E-state index contributed by atoms with van der Waals surface area (Å²) in [5, 5.41) is 3.73. The maximum Gasteiger partial charge on any atom is 0.0787 e. The second-order valence-electron chi connectivity index (χ2n) is 7.91. The zero-order chi connectivity index (χ0) is 14.8. The first kappa shape index (κ1) is 16.3. The second-order valence-corrected chi connectivity index (χ2v) is 7.91. The summed E-state index contributed by atoms with van der Waals surface area (Å²) >= 11 is 0. The van der Waals surface area contributed by atoms with Gasteiger partial charge in [-0.15, -0.1) is 0 Å². The molecule has 0 aliphatic carbocycles. The summed E-state index contributed by atoms with van der Waals surface area (Å²) in [6.07, 6.45) is 6.54. The summed E-state index contributed by atoms with van der Waals surface area (Å²) in [6, 6.07) is 1.27. The SMILES string of the molecule is CC1CCCCN1CCCNC1CC(C)(C)OC1(C)C. The summed E-state index contributed by atoms with van der Waals surface area (Å²) in [7, 11) is 0. The average Bonchev–Trinajstić information content (AvgIpc) is 2.54. The van der Waals surface area contributed by atoms with Crippen LogP contribution >= 0.6 is 0 Å². The molecule has 3 heteroatoms. The lowest BCUT2D eigenvalue weighted by Crippen LogP contribution is -2.45. The van der Waals surface area contributed by atoms with Crippen LogP contribution in [0, 0.1) is 0 Å².